The number of rotatable bonds is 5. The van der Waals surface area contributed by atoms with Crippen LogP contribution in [0.5, 0.6) is 0 Å². The SMILES string of the molecule is CCNc1cc(NC(C)c2cccs2)nc(N)n1. The van der Waals surface area contributed by atoms with Crippen molar-refractivity contribution in [3.05, 3.63) is 28.5 Å². The molecule has 0 aromatic carbocycles. The Kier molecular flexibility index (Phi) is 3.99. The van der Waals surface area contributed by atoms with Crippen molar-refractivity contribution in [2.24, 2.45) is 0 Å². The molecule has 0 aliphatic rings. The quantitative estimate of drug-likeness (QED) is 0.773. The number of hydrogen-bond acceptors (Lipinski definition) is 6. The molecule has 0 saturated carbocycles. The maximum absolute atomic E-state index is 5.68. The monoisotopic (exact) mass is 263 g/mol. The van der Waals surface area contributed by atoms with Crippen molar-refractivity contribution in [2.45, 2.75) is 19.9 Å². The molecule has 0 aliphatic heterocycles. The summed E-state index contributed by atoms with van der Waals surface area (Å²) in [7, 11) is 0. The van der Waals surface area contributed by atoms with Crippen LogP contribution in [0.15, 0.2) is 23.6 Å². The van der Waals surface area contributed by atoms with Crippen molar-refractivity contribution >= 4 is 28.9 Å². The normalized spacial score (nSPS) is 12.1. The molecule has 2 aromatic heterocycles. The lowest BCUT2D eigenvalue weighted by Gasteiger charge is -2.14. The molecule has 0 radical (unpaired) electrons. The van der Waals surface area contributed by atoms with Gasteiger partial charge in [-0.05, 0) is 25.3 Å². The van der Waals surface area contributed by atoms with Gasteiger partial charge in [-0.15, -0.1) is 11.3 Å². The fraction of sp³-hybridized carbons (Fsp3) is 0.333. The molecule has 0 fully saturated rings. The molecule has 0 aliphatic carbocycles. The summed E-state index contributed by atoms with van der Waals surface area (Å²) in [5, 5.41) is 8.51. The Balaban J connectivity index is 2.13. The second-order valence-corrected chi connectivity index (χ2v) is 4.89. The maximum Gasteiger partial charge on any atom is 0.223 e. The molecule has 18 heavy (non-hydrogen) atoms. The van der Waals surface area contributed by atoms with Crippen LogP contribution in [-0.4, -0.2) is 16.5 Å². The first-order valence-electron chi connectivity index (χ1n) is 5.87. The number of nitrogens with zero attached hydrogens (tertiary/aromatic N) is 2. The van der Waals surface area contributed by atoms with Gasteiger partial charge >= 0.3 is 0 Å². The summed E-state index contributed by atoms with van der Waals surface area (Å²) >= 11 is 1.72. The highest BCUT2D eigenvalue weighted by Crippen LogP contribution is 2.23. The lowest BCUT2D eigenvalue weighted by Crippen LogP contribution is -2.10. The average molecular weight is 263 g/mol. The molecule has 2 aromatic rings. The summed E-state index contributed by atoms with van der Waals surface area (Å²) in [6, 6.07) is 6.20. The Morgan fingerprint density at radius 3 is 2.83 bits per heavy atom. The lowest BCUT2D eigenvalue weighted by atomic mass is 10.3. The Morgan fingerprint density at radius 1 is 1.39 bits per heavy atom. The third kappa shape index (κ3) is 3.10. The predicted molar refractivity (Wildman–Crippen MR) is 77.0 cm³/mol. The van der Waals surface area contributed by atoms with E-state index in [1.54, 1.807) is 11.3 Å². The molecule has 1 unspecified atom stereocenters. The van der Waals surface area contributed by atoms with E-state index in [4.69, 9.17) is 5.73 Å². The van der Waals surface area contributed by atoms with Crippen LogP contribution in [0, 0.1) is 0 Å². The molecule has 0 amide bonds. The van der Waals surface area contributed by atoms with Gasteiger partial charge in [0.25, 0.3) is 0 Å². The zero-order valence-electron chi connectivity index (χ0n) is 10.5. The lowest BCUT2D eigenvalue weighted by molar-refractivity contribution is 0.894. The molecule has 5 nitrogen and oxygen atoms in total. The van der Waals surface area contributed by atoms with Crippen molar-refractivity contribution in [2.75, 3.05) is 22.9 Å². The summed E-state index contributed by atoms with van der Waals surface area (Å²) in [6.45, 7) is 4.91. The highest BCUT2D eigenvalue weighted by Gasteiger charge is 2.08. The molecule has 2 heterocycles. The Hall–Kier alpha value is -1.82. The third-order valence-electron chi connectivity index (χ3n) is 2.44. The van der Waals surface area contributed by atoms with Gasteiger partial charge in [-0.2, -0.15) is 9.97 Å². The molecular formula is C12H17N5S. The van der Waals surface area contributed by atoms with Crippen LogP contribution in [-0.2, 0) is 0 Å². The van der Waals surface area contributed by atoms with Crippen molar-refractivity contribution in [1.29, 1.82) is 0 Å². The molecule has 0 spiro atoms. The van der Waals surface area contributed by atoms with Crippen molar-refractivity contribution < 1.29 is 0 Å². The standard InChI is InChI=1S/C12H17N5S/c1-3-14-10-7-11(17-12(13)16-10)15-8(2)9-5-4-6-18-9/h4-8H,3H2,1-2H3,(H4,13,14,15,16,17). The summed E-state index contributed by atoms with van der Waals surface area (Å²) in [5.74, 6) is 1.75. The van der Waals surface area contributed by atoms with Crippen LogP contribution in [0.2, 0.25) is 0 Å². The van der Waals surface area contributed by atoms with Crippen LogP contribution in [0.3, 0.4) is 0 Å². The molecule has 1 atom stereocenters. The fourth-order valence-electron chi connectivity index (χ4n) is 1.64. The van der Waals surface area contributed by atoms with Gasteiger partial charge < -0.3 is 16.4 Å². The van der Waals surface area contributed by atoms with E-state index in [0.29, 0.717) is 0 Å². The van der Waals surface area contributed by atoms with Crippen LogP contribution < -0.4 is 16.4 Å². The largest absolute Gasteiger partial charge is 0.370 e. The van der Waals surface area contributed by atoms with E-state index in [1.165, 1.54) is 4.88 Å². The maximum atomic E-state index is 5.68. The molecule has 96 valence electrons. The van der Waals surface area contributed by atoms with Crippen molar-refractivity contribution in [3.63, 3.8) is 0 Å². The first-order valence-corrected chi connectivity index (χ1v) is 6.75. The number of hydrogen-bond donors (Lipinski definition) is 3. The van der Waals surface area contributed by atoms with Crippen LogP contribution in [0.1, 0.15) is 24.8 Å². The molecule has 6 heteroatoms. The van der Waals surface area contributed by atoms with Gasteiger partial charge in [0.05, 0.1) is 6.04 Å². The molecule has 4 N–H and O–H groups in total. The Bertz CT molecular complexity index is 497. The predicted octanol–water partition coefficient (Wildman–Crippen LogP) is 2.73. The van der Waals surface area contributed by atoms with Gasteiger partial charge in [0, 0.05) is 17.5 Å². The number of thiophene rings is 1. The number of anilines is 3. The van der Waals surface area contributed by atoms with E-state index in [9.17, 15) is 0 Å². The average Bonchev–Trinajstić information content (AvgIpc) is 2.81. The fourth-order valence-corrected chi connectivity index (χ4v) is 2.38. The first kappa shape index (κ1) is 12.6. The van der Waals surface area contributed by atoms with Crippen molar-refractivity contribution in [1.82, 2.24) is 9.97 Å². The minimum absolute atomic E-state index is 0.203. The van der Waals surface area contributed by atoms with Gasteiger partial charge in [-0.3, -0.25) is 0 Å². The second kappa shape index (κ2) is 5.68. The Morgan fingerprint density at radius 2 is 2.17 bits per heavy atom. The zero-order valence-corrected chi connectivity index (χ0v) is 11.3. The van der Waals surface area contributed by atoms with Crippen LogP contribution in [0.25, 0.3) is 0 Å². The second-order valence-electron chi connectivity index (χ2n) is 3.91. The van der Waals surface area contributed by atoms with Gasteiger partial charge in [-0.25, -0.2) is 0 Å². The minimum atomic E-state index is 0.203. The van der Waals surface area contributed by atoms with Crippen molar-refractivity contribution in [3.8, 4) is 0 Å². The molecule has 2 rings (SSSR count). The molecule has 0 saturated heterocycles. The number of nitrogens with one attached hydrogen (secondary N) is 2. The smallest absolute Gasteiger partial charge is 0.223 e. The molecular weight excluding hydrogens is 246 g/mol. The summed E-state index contributed by atoms with van der Waals surface area (Å²) in [5.41, 5.74) is 5.68. The third-order valence-corrected chi connectivity index (χ3v) is 3.49. The van der Waals surface area contributed by atoms with Gasteiger partial charge in [0.2, 0.25) is 5.95 Å². The minimum Gasteiger partial charge on any atom is -0.370 e. The van der Waals surface area contributed by atoms with Crippen LogP contribution >= 0.6 is 11.3 Å². The van der Waals surface area contributed by atoms with Gasteiger partial charge in [0.1, 0.15) is 11.6 Å². The van der Waals surface area contributed by atoms with E-state index in [2.05, 4.69) is 39.0 Å². The van der Waals surface area contributed by atoms with Gasteiger partial charge in [0.15, 0.2) is 0 Å². The number of aromatic nitrogens is 2. The summed E-state index contributed by atoms with van der Waals surface area (Å²) in [4.78, 5) is 9.56. The summed E-state index contributed by atoms with van der Waals surface area (Å²) in [6.07, 6.45) is 0. The Labute approximate surface area is 110 Å². The van der Waals surface area contributed by atoms with E-state index in [-0.39, 0.29) is 12.0 Å². The molecule has 0 bridgehead atoms. The number of nitrogen functional groups attached to an aromatic ring is 1. The zero-order chi connectivity index (χ0) is 13.0. The van der Waals surface area contributed by atoms with Crippen LogP contribution in [0.4, 0.5) is 17.6 Å². The summed E-state index contributed by atoms with van der Waals surface area (Å²) < 4.78 is 0. The highest BCUT2D eigenvalue weighted by molar-refractivity contribution is 7.10. The highest BCUT2D eigenvalue weighted by atomic mass is 32.1. The van der Waals surface area contributed by atoms with E-state index >= 15 is 0 Å². The van der Waals surface area contributed by atoms with Gasteiger partial charge in [-0.1, -0.05) is 6.07 Å². The topological polar surface area (TPSA) is 75.9 Å². The van der Waals surface area contributed by atoms with E-state index < -0.39 is 0 Å². The first-order chi connectivity index (χ1) is 8.69. The number of nitrogens with two attached hydrogens (primary N) is 1. The van der Waals surface area contributed by atoms with E-state index in [1.807, 2.05) is 19.1 Å². The van der Waals surface area contributed by atoms with E-state index in [0.717, 1.165) is 18.2 Å².